The van der Waals surface area contributed by atoms with E-state index in [1.165, 1.54) is 17.8 Å². The molecule has 0 unspecified atom stereocenters. The normalized spacial score (nSPS) is 17.5. The van der Waals surface area contributed by atoms with Gasteiger partial charge in [-0.3, -0.25) is 0 Å². The molecule has 1 aliphatic heterocycles. The summed E-state index contributed by atoms with van der Waals surface area (Å²) in [5.41, 5.74) is 0.951. The van der Waals surface area contributed by atoms with Crippen LogP contribution in [0.3, 0.4) is 0 Å². The molecule has 0 aromatic carbocycles. The molecule has 8 heteroatoms. The fourth-order valence-corrected chi connectivity index (χ4v) is 4.11. The second kappa shape index (κ2) is 6.51. The molecule has 2 aliphatic rings. The van der Waals surface area contributed by atoms with Gasteiger partial charge >= 0.3 is 6.03 Å². The van der Waals surface area contributed by atoms with Crippen molar-refractivity contribution in [2.45, 2.75) is 57.5 Å². The molecule has 1 saturated carbocycles. The Labute approximate surface area is 144 Å². The van der Waals surface area contributed by atoms with E-state index in [9.17, 15) is 4.79 Å². The SMILES string of the molecule is C[C@H](NC(=O)NCCc1nnc2n1CCC2)c1csc(C2CC2)n1. The molecule has 1 atom stereocenters. The quantitative estimate of drug-likeness (QED) is 0.839. The Morgan fingerprint density at radius 2 is 2.33 bits per heavy atom. The first-order chi connectivity index (χ1) is 11.7. The predicted molar refractivity (Wildman–Crippen MR) is 91.1 cm³/mol. The van der Waals surface area contributed by atoms with E-state index >= 15 is 0 Å². The lowest BCUT2D eigenvalue weighted by Crippen LogP contribution is -2.38. The van der Waals surface area contributed by atoms with E-state index in [0.29, 0.717) is 18.9 Å². The molecule has 3 heterocycles. The van der Waals surface area contributed by atoms with Crippen LogP contribution in [0.5, 0.6) is 0 Å². The van der Waals surface area contributed by atoms with Gasteiger partial charge in [-0.1, -0.05) is 0 Å². The van der Waals surface area contributed by atoms with Crippen molar-refractivity contribution in [3.05, 3.63) is 27.7 Å². The fraction of sp³-hybridized carbons (Fsp3) is 0.625. The van der Waals surface area contributed by atoms with E-state index in [-0.39, 0.29) is 12.1 Å². The summed E-state index contributed by atoms with van der Waals surface area (Å²) in [6.45, 7) is 3.52. The highest BCUT2D eigenvalue weighted by Gasteiger charge is 2.27. The van der Waals surface area contributed by atoms with Crippen LogP contribution in [0.15, 0.2) is 5.38 Å². The number of aryl methyl sites for hydroxylation is 1. The number of amides is 2. The molecular formula is C16H22N6OS. The Bertz CT molecular complexity index is 735. The zero-order chi connectivity index (χ0) is 16.5. The molecule has 2 N–H and O–H groups in total. The van der Waals surface area contributed by atoms with Crippen LogP contribution < -0.4 is 10.6 Å². The van der Waals surface area contributed by atoms with Crippen LogP contribution in [0.25, 0.3) is 0 Å². The second-order valence-electron chi connectivity index (χ2n) is 6.54. The third-order valence-corrected chi connectivity index (χ3v) is 5.60. The molecule has 2 aromatic heterocycles. The second-order valence-corrected chi connectivity index (χ2v) is 7.43. The minimum atomic E-state index is -0.162. The summed E-state index contributed by atoms with van der Waals surface area (Å²) < 4.78 is 2.16. The van der Waals surface area contributed by atoms with Crippen LogP contribution >= 0.6 is 11.3 Å². The van der Waals surface area contributed by atoms with Gasteiger partial charge < -0.3 is 15.2 Å². The zero-order valence-electron chi connectivity index (χ0n) is 13.8. The van der Waals surface area contributed by atoms with E-state index in [4.69, 9.17) is 0 Å². The van der Waals surface area contributed by atoms with Crippen molar-refractivity contribution in [3.63, 3.8) is 0 Å². The first-order valence-electron chi connectivity index (χ1n) is 8.61. The van der Waals surface area contributed by atoms with Gasteiger partial charge in [-0.2, -0.15) is 0 Å². The minimum Gasteiger partial charge on any atom is -0.338 e. The Kier molecular flexibility index (Phi) is 4.22. The molecule has 7 nitrogen and oxygen atoms in total. The van der Waals surface area contributed by atoms with E-state index in [2.05, 4.69) is 35.8 Å². The molecule has 0 spiro atoms. The summed E-state index contributed by atoms with van der Waals surface area (Å²) in [6, 6.07) is -0.240. The van der Waals surface area contributed by atoms with Gasteiger partial charge in [0.25, 0.3) is 0 Å². The summed E-state index contributed by atoms with van der Waals surface area (Å²) in [4.78, 5) is 16.7. The summed E-state index contributed by atoms with van der Waals surface area (Å²) in [5, 5.41) is 17.5. The average Bonchev–Trinajstić information content (AvgIpc) is 3.00. The van der Waals surface area contributed by atoms with Crippen molar-refractivity contribution in [3.8, 4) is 0 Å². The van der Waals surface area contributed by atoms with E-state index < -0.39 is 0 Å². The smallest absolute Gasteiger partial charge is 0.315 e. The monoisotopic (exact) mass is 346 g/mol. The minimum absolute atomic E-state index is 0.0777. The highest BCUT2D eigenvalue weighted by molar-refractivity contribution is 7.09. The maximum atomic E-state index is 12.1. The third kappa shape index (κ3) is 3.28. The number of rotatable bonds is 6. The summed E-state index contributed by atoms with van der Waals surface area (Å²) in [5.74, 6) is 2.69. The first-order valence-corrected chi connectivity index (χ1v) is 9.49. The van der Waals surface area contributed by atoms with Gasteiger partial charge in [0.15, 0.2) is 0 Å². The Hall–Kier alpha value is -1.96. The maximum Gasteiger partial charge on any atom is 0.315 e. The summed E-state index contributed by atoms with van der Waals surface area (Å²) in [6.07, 6.45) is 5.36. The van der Waals surface area contributed by atoms with Crippen LogP contribution in [0.2, 0.25) is 0 Å². The van der Waals surface area contributed by atoms with Gasteiger partial charge in [0.2, 0.25) is 0 Å². The number of carbonyl (C=O) groups excluding carboxylic acids is 1. The Balaban J connectivity index is 1.23. The fourth-order valence-electron chi connectivity index (χ4n) is 3.02. The molecule has 2 aromatic rings. The van der Waals surface area contributed by atoms with Gasteiger partial charge in [0.1, 0.15) is 11.6 Å². The average molecular weight is 346 g/mol. The lowest BCUT2D eigenvalue weighted by Gasteiger charge is -2.12. The molecule has 24 heavy (non-hydrogen) atoms. The molecule has 4 rings (SSSR count). The van der Waals surface area contributed by atoms with E-state index in [0.717, 1.165) is 36.7 Å². The Morgan fingerprint density at radius 1 is 1.46 bits per heavy atom. The standard InChI is InChI=1S/C16H22N6OS/c1-10(12-9-24-15(19-12)11-4-5-11)18-16(23)17-7-6-14-21-20-13-3-2-8-22(13)14/h9-11H,2-8H2,1H3,(H2,17,18,23)/t10-/m0/s1. The van der Waals surface area contributed by atoms with Gasteiger partial charge in [0.05, 0.1) is 16.7 Å². The Morgan fingerprint density at radius 3 is 3.17 bits per heavy atom. The predicted octanol–water partition coefficient (Wildman–Crippen LogP) is 2.16. The number of thiazole rings is 1. The molecule has 128 valence electrons. The van der Waals surface area contributed by atoms with Gasteiger partial charge in [-0.05, 0) is 26.2 Å². The van der Waals surface area contributed by atoms with Crippen LogP contribution in [-0.2, 0) is 19.4 Å². The first kappa shape index (κ1) is 15.6. The zero-order valence-corrected chi connectivity index (χ0v) is 14.6. The van der Waals surface area contributed by atoms with Gasteiger partial charge in [0, 0.05) is 37.2 Å². The molecule has 1 fully saturated rings. The van der Waals surface area contributed by atoms with Crippen LogP contribution in [0.1, 0.15) is 60.5 Å². The largest absolute Gasteiger partial charge is 0.338 e. The molecule has 0 radical (unpaired) electrons. The van der Waals surface area contributed by atoms with Crippen molar-refractivity contribution in [2.75, 3.05) is 6.54 Å². The third-order valence-electron chi connectivity index (χ3n) is 4.58. The molecule has 0 saturated heterocycles. The molecular weight excluding hydrogens is 324 g/mol. The molecule has 1 aliphatic carbocycles. The number of carbonyl (C=O) groups is 1. The molecule has 2 amide bonds. The van der Waals surface area contributed by atoms with Crippen molar-refractivity contribution in [1.82, 2.24) is 30.4 Å². The number of urea groups is 1. The van der Waals surface area contributed by atoms with Crippen molar-refractivity contribution in [2.24, 2.45) is 0 Å². The number of aromatic nitrogens is 4. The number of hydrogen-bond donors (Lipinski definition) is 2. The van der Waals surface area contributed by atoms with E-state index in [1.54, 1.807) is 11.3 Å². The van der Waals surface area contributed by atoms with Crippen LogP contribution in [0.4, 0.5) is 4.79 Å². The summed E-state index contributed by atoms with van der Waals surface area (Å²) in [7, 11) is 0. The number of nitrogens with one attached hydrogen (secondary N) is 2. The van der Waals surface area contributed by atoms with Crippen LogP contribution in [-0.4, -0.2) is 32.3 Å². The van der Waals surface area contributed by atoms with E-state index in [1.807, 2.05) is 6.92 Å². The van der Waals surface area contributed by atoms with Gasteiger partial charge in [-0.25, -0.2) is 9.78 Å². The van der Waals surface area contributed by atoms with Gasteiger partial charge in [-0.15, -0.1) is 21.5 Å². The highest BCUT2D eigenvalue weighted by atomic mass is 32.1. The van der Waals surface area contributed by atoms with Crippen molar-refractivity contribution < 1.29 is 4.79 Å². The number of nitrogens with zero attached hydrogens (tertiary/aromatic N) is 4. The maximum absolute atomic E-state index is 12.1. The molecule has 0 bridgehead atoms. The number of hydrogen-bond acceptors (Lipinski definition) is 5. The lowest BCUT2D eigenvalue weighted by molar-refractivity contribution is 0.238. The van der Waals surface area contributed by atoms with Crippen molar-refractivity contribution in [1.29, 1.82) is 0 Å². The lowest BCUT2D eigenvalue weighted by atomic mass is 10.2. The summed E-state index contributed by atoms with van der Waals surface area (Å²) >= 11 is 1.70. The highest BCUT2D eigenvalue weighted by Crippen LogP contribution is 2.41. The van der Waals surface area contributed by atoms with Crippen LogP contribution in [0, 0.1) is 0 Å². The topological polar surface area (TPSA) is 84.7 Å². The van der Waals surface area contributed by atoms with Crippen molar-refractivity contribution >= 4 is 17.4 Å². The number of fused-ring (bicyclic) bond motifs is 1.